The molecule has 0 saturated carbocycles. The molecule has 1 heterocycles. The molecule has 0 aliphatic rings. The van der Waals surface area contributed by atoms with Crippen molar-refractivity contribution < 1.29 is 23.8 Å². The fourth-order valence-electron chi connectivity index (χ4n) is 3.90. The van der Waals surface area contributed by atoms with Gasteiger partial charge in [-0.3, -0.25) is 14.9 Å². The van der Waals surface area contributed by atoms with Crippen LogP contribution in [0.3, 0.4) is 0 Å². The first-order chi connectivity index (χ1) is 21.5. The van der Waals surface area contributed by atoms with Crippen molar-refractivity contribution in [2.24, 2.45) is 5.10 Å². The molecule has 0 atom stereocenters. The van der Waals surface area contributed by atoms with Gasteiger partial charge in [-0.2, -0.15) is 5.10 Å². The van der Waals surface area contributed by atoms with E-state index in [2.05, 4.69) is 33.0 Å². The van der Waals surface area contributed by atoms with Crippen molar-refractivity contribution in [1.29, 1.82) is 0 Å². The highest BCUT2D eigenvalue weighted by Gasteiger charge is 2.12. The minimum Gasteiger partial charge on any atom is -0.494 e. The Bertz CT molecular complexity index is 1520. The molecule has 0 bridgehead atoms. The summed E-state index contributed by atoms with van der Waals surface area (Å²) in [4.78, 5) is 24.7. The van der Waals surface area contributed by atoms with E-state index in [1.54, 1.807) is 42.5 Å². The molecule has 0 radical (unpaired) electrons. The van der Waals surface area contributed by atoms with Crippen LogP contribution in [0.1, 0.15) is 53.5 Å². The standard InChI is InChI=1S/C32H34ClN5O5S/c1-2-3-4-8-17-41-26-12-14-27(15-13-26)42-18-19-43-28-16-11-25(33)20-24(28)22-34-36-29(39)21-30-37-38-32(44-30)35-31(40)23-9-6-5-7-10-23/h5-7,9-16,20,22H,2-4,8,17-19,21H2,1H3,(H,36,39)(H,35,38,40)/b34-22-. The molecule has 0 unspecified atom stereocenters. The second-order valence-corrected chi connectivity index (χ2v) is 11.0. The van der Waals surface area contributed by atoms with Gasteiger partial charge in [0.1, 0.15) is 35.5 Å². The maximum absolute atomic E-state index is 12.4. The number of amides is 2. The number of nitrogens with one attached hydrogen (secondary N) is 2. The fraction of sp³-hybridized carbons (Fsp3) is 0.281. The smallest absolute Gasteiger partial charge is 0.257 e. The van der Waals surface area contributed by atoms with E-state index in [1.165, 1.54) is 25.5 Å². The van der Waals surface area contributed by atoms with Gasteiger partial charge in [0.25, 0.3) is 5.91 Å². The Morgan fingerprint density at radius 1 is 0.886 bits per heavy atom. The number of ether oxygens (including phenoxy) is 3. The Morgan fingerprint density at radius 2 is 1.61 bits per heavy atom. The number of rotatable bonds is 17. The zero-order chi connectivity index (χ0) is 31.0. The lowest BCUT2D eigenvalue weighted by Crippen LogP contribution is -2.19. The van der Waals surface area contributed by atoms with Gasteiger partial charge in [0, 0.05) is 16.1 Å². The monoisotopic (exact) mass is 635 g/mol. The second-order valence-electron chi connectivity index (χ2n) is 9.55. The highest BCUT2D eigenvalue weighted by Crippen LogP contribution is 2.22. The van der Waals surface area contributed by atoms with Crippen LogP contribution in [0.25, 0.3) is 0 Å². The van der Waals surface area contributed by atoms with Gasteiger partial charge < -0.3 is 14.2 Å². The van der Waals surface area contributed by atoms with E-state index in [1.807, 2.05) is 30.3 Å². The normalized spacial score (nSPS) is 10.9. The highest BCUT2D eigenvalue weighted by atomic mass is 35.5. The first-order valence-corrected chi connectivity index (χ1v) is 15.5. The summed E-state index contributed by atoms with van der Waals surface area (Å²) < 4.78 is 17.4. The summed E-state index contributed by atoms with van der Waals surface area (Å²) >= 11 is 7.28. The Kier molecular flexibility index (Phi) is 13.0. The SMILES string of the molecule is CCCCCCOc1ccc(OCCOc2ccc(Cl)cc2/C=N\NC(=O)Cc2nnc(NC(=O)c3ccccc3)s2)cc1. The van der Waals surface area contributed by atoms with Crippen molar-refractivity contribution in [3.05, 3.63) is 94.0 Å². The first kappa shape index (κ1) is 32.4. The van der Waals surface area contributed by atoms with Crippen molar-refractivity contribution >= 4 is 46.1 Å². The van der Waals surface area contributed by atoms with Gasteiger partial charge in [0.15, 0.2) is 0 Å². The van der Waals surface area contributed by atoms with Gasteiger partial charge in [-0.05, 0) is 61.0 Å². The molecule has 230 valence electrons. The Balaban J connectivity index is 1.19. The number of benzene rings is 3. The molecule has 1 aromatic heterocycles. The Labute approximate surface area is 265 Å². The van der Waals surface area contributed by atoms with Gasteiger partial charge in [-0.15, -0.1) is 10.2 Å². The third-order valence-electron chi connectivity index (χ3n) is 6.10. The number of unbranched alkanes of at least 4 members (excludes halogenated alkanes) is 3. The maximum Gasteiger partial charge on any atom is 0.257 e. The fourth-order valence-corrected chi connectivity index (χ4v) is 4.81. The topological polar surface area (TPSA) is 124 Å². The summed E-state index contributed by atoms with van der Waals surface area (Å²) in [6.45, 7) is 3.51. The molecule has 0 spiro atoms. The molecule has 0 aliphatic carbocycles. The van der Waals surface area contributed by atoms with Crippen LogP contribution in [0.5, 0.6) is 17.2 Å². The first-order valence-electron chi connectivity index (χ1n) is 14.3. The summed E-state index contributed by atoms with van der Waals surface area (Å²) in [5.41, 5.74) is 3.55. The van der Waals surface area contributed by atoms with Crippen LogP contribution in [0, 0.1) is 0 Å². The lowest BCUT2D eigenvalue weighted by molar-refractivity contribution is -0.120. The number of nitrogens with zero attached hydrogens (tertiary/aromatic N) is 3. The van der Waals surface area contributed by atoms with Crippen LogP contribution in [-0.4, -0.2) is 48.0 Å². The molecule has 2 N–H and O–H groups in total. The third kappa shape index (κ3) is 11.0. The molecule has 0 aliphatic heterocycles. The molecule has 0 fully saturated rings. The summed E-state index contributed by atoms with van der Waals surface area (Å²) in [7, 11) is 0. The quantitative estimate of drug-likeness (QED) is 0.0765. The van der Waals surface area contributed by atoms with Crippen LogP contribution < -0.4 is 25.0 Å². The van der Waals surface area contributed by atoms with Crippen molar-refractivity contribution in [3.63, 3.8) is 0 Å². The van der Waals surface area contributed by atoms with E-state index < -0.39 is 5.91 Å². The molecule has 12 heteroatoms. The van der Waals surface area contributed by atoms with Crippen LogP contribution in [-0.2, 0) is 11.2 Å². The van der Waals surface area contributed by atoms with Crippen molar-refractivity contribution in [1.82, 2.24) is 15.6 Å². The zero-order valence-corrected chi connectivity index (χ0v) is 25.9. The highest BCUT2D eigenvalue weighted by molar-refractivity contribution is 7.15. The number of aromatic nitrogens is 2. The van der Waals surface area contributed by atoms with Gasteiger partial charge in [0.05, 0.1) is 19.2 Å². The van der Waals surface area contributed by atoms with Crippen LogP contribution in [0.2, 0.25) is 5.02 Å². The molecule has 2 amide bonds. The van der Waals surface area contributed by atoms with Gasteiger partial charge in [-0.1, -0.05) is 67.3 Å². The predicted octanol–water partition coefficient (Wildman–Crippen LogP) is 6.55. The summed E-state index contributed by atoms with van der Waals surface area (Å²) in [6.07, 6.45) is 6.06. The number of hydrogen-bond acceptors (Lipinski definition) is 9. The van der Waals surface area contributed by atoms with E-state index in [0.717, 1.165) is 23.5 Å². The van der Waals surface area contributed by atoms with Crippen LogP contribution in [0.15, 0.2) is 77.9 Å². The average Bonchev–Trinajstić information content (AvgIpc) is 3.47. The maximum atomic E-state index is 12.4. The minimum atomic E-state index is -0.399. The number of carbonyl (C=O) groups excluding carboxylic acids is 2. The van der Waals surface area contributed by atoms with Gasteiger partial charge >= 0.3 is 0 Å². The predicted molar refractivity (Wildman–Crippen MR) is 172 cm³/mol. The Hall–Kier alpha value is -4.48. The number of hydrazone groups is 1. The van der Waals surface area contributed by atoms with Crippen LogP contribution >= 0.6 is 22.9 Å². The van der Waals surface area contributed by atoms with Crippen molar-refractivity contribution in [2.45, 2.75) is 39.0 Å². The number of hydrogen-bond donors (Lipinski definition) is 2. The third-order valence-corrected chi connectivity index (χ3v) is 7.17. The zero-order valence-electron chi connectivity index (χ0n) is 24.3. The molecule has 4 aromatic rings. The average molecular weight is 636 g/mol. The summed E-state index contributed by atoms with van der Waals surface area (Å²) in [5, 5.41) is 15.8. The van der Waals surface area contributed by atoms with E-state index in [4.69, 9.17) is 25.8 Å². The van der Waals surface area contributed by atoms with E-state index in [0.29, 0.717) is 51.0 Å². The Morgan fingerprint density at radius 3 is 2.36 bits per heavy atom. The molecule has 10 nitrogen and oxygen atoms in total. The molecular weight excluding hydrogens is 602 g/mol. The number of carbonyl (C=O) groups is 2. The van der Waals surface area contributed by atoms with E-state index >= 15 is 0 Å². The van der Waals surface area contributed by atoms with Gasteiger partial charge in [0.2, 0.25) is 11.0 Å². The van der Waals surface area contributed by atoms with Crippen molar-refractivity contribution in [2.75, 3.05) is 25.1 Å². The summed E-state index contributed by atoms with van der Waals surface area (Å²) in [5.74, 6) is 1.37. The minimum absolute atomic E-state index is 0.0570. The molecular formula is C32H34ClN5O5S. The van der Waals surface area contributed by atoms with E-state index in [-0.39, 0.29) is 18.9 Å². The van der Waals surface area contributed by atoms with E-state index in [9.17, 15) is 9.59 Å². The molecule has 44 heavy (non-hydrogen) atoms. The van der Waals surface area contributed by atoms with Crippen LogP contribution in [0.4, 0.5) is 5.13 Å². The second kappa shape index (κ2) is 17.6. The number of anilines is 1. The molecule has 4 rings (SSSR count). The lowest BCUT2D eigenvalue weighted by atomic mass is 10.2. The largest absolute Gasteiger partial charge is 0.494 e. The molecule has 3 aromatic carbocycles. The lowest BCUT2D eigenvalue weighted by Gasteiger charge is -2.11. The van der Waals surface area contributed by atoms with Crippen molar-refractivity contribution in [3.8, 4) is 17.2 Å². The summed E-state index contributed by atoms with van der Waals surface area (Å²) in [6, 6.07) is 21.4. The van der Waals surface area contributed by atoms with Gasteiger partial charge in [-0.25, -0.2) is 5.43 Å². The molecule has 0 saturated heterocycles. The number of halogens is 1.